The molecule has 0 bridgehead atoms. The van der Waals surface area contributed by atoms with Gasteiger partial charge in [-0.1, -0.05) is 11.8 Å². The highest BCUT2D eigenvalue weighted by Gasteiger charge is 2.30. The van der Waals surface area contributed by atoms with Crippen LogP contribution in [0.3, 0.4) is 0 Å². The molecule has 0 atom stereocenters. The summed E-state index contributed by atoms with van der Waals surface area (Å²) < 4.78 is 54.5. The smallest absolute Gasteiger partial charge is 0.406 e. The van der Waals surface area contributed by atoms with E-state index in [1.807, 2.05) is 0 Å². The maximum absolute atomic E-state index is 13.0. The number of alkyl halides is 3. The lowest BCUT2D eigenvalue weighted by atomic mass is 10.3. The fourth-order valence-corrected chi connectivity index (χ4v) is 2.77. The van der Waals surface area contributed by atoms with Crippen LogP contribution in [-0.2, 0) is 4.79 Å². The molecule has 0 radical (unpaired) electrons. The molecule has 146 valence electrons. The van der Waals surface area contributed by atoms with Crippen LogP contribution in [0, 0.1) is 5.82 Å². The van der Waals surface area contributed by atoms with Crippen molar-refractivity contribution >= 4 is 23.4 Å². The Bertz CT molecular complexity index is 945. The molecule has 1 heterocycles. The minimum absolute atomic E-state index is 0.0532. The molecule has 2 aromatic carbocycles. The van der Waals surface area contributed by atoms with Crippen LogP contribution in [-0.4, -0.2) is 38.2 Å². The predicted molar refractivity (Wildman–Crippen MR) is 91.6 cm³/mol. The Hall–Kier alpha value is -3.15. The van der Waals surface area contributed by atoms with Crippen LogP contribution in [0.5, 0.6) is 5.75 Å². The third kappa shape index (κ3) is 5.42. The number of anilines is 1. The fraction of sp³-hybridized carbons (Fsp3) is 0.125. The van der Waals surface area contributed by atoms with Crippen molar-refractivity contribution in [2.75, 3.05) is 11.1 Å². The largest absolute Gasteiger partial charge is 0.573 e. The first-order chi connectivity index (χ1) is 13.3. The van der Waals surface area contributed by atoms with Crippen molar-refractivity contribution in [2.45, 2.75) is 11.5 Å². The summed E-state index contributed by atoms with van der Waals surface area (Å²) in [6.07, 6.45) is -4.78. The van der Waals surface area contributed by atoms with Crippen LogP contribution in [0.2, 0.25) is 0 Å². The predicted octanol–water partition coefficient (Wildman–Crippen LogP) is 3.43. The third-order valence-corrected chi connectivity index (χ3v) is 4.14. The first-order valence-electron chi connectivity index (χ1n) is 7.63. The zero-order valence-corrected chi connectivity index (χ0v) is 14.7. The second kappa shape index (κ2) is 8.25. The Labute approximate surface area is 159 Å². The molecule has 0 aliphatic rings. The quantitative estimate of drug-likeness (QED) is 0.493. The Kier molecular flexibility index (Phi) is 5.78. The highest BCUT2D eigenvalue weighted by molar-refractivity contribution is 7.99. The van der Waals surface area contributed by atoms with Gasteiger partial charge in [-0.25, -0.2) is 4.39 Å². The molecule has 1 aromatic heterocycles. The van der Waals surface area contributed by atoms with E-state index in [0.717, 1.165) is 23.9 Å². The molecule has 0 saturated carbocycles. The van der Waals surface area contributed by atoms with Gasteiger partial charge < -0.3 is 10.1 Å². The van der Waals surface area contributed by atoms with Crippen LogP contribution >= 0.6 is 11.8 Å². The average molecular weight is 413 g/mol. The minimum Gasteiger partial charge on any atom is -0.406 e. The zero-order valence-electron chi connectivity index (χ0n) is 13.9. The van der Waals surface area contributed by atoms with Crippen molar-refractivity contribution in [1.82, 2.24) is 20.2 Å². The Balaban J connectivity index is 1.57. The van der Waals surface area contributed by atoms with Crippen molar-refractivity contribution in [3.63, 3.8) is 0 Å². The Morgan fingerprint density at radius 1 is 1.11 bits per heavy atom. The third-order valence-electron chi connectivity index (χ3n) is 3.22. The maximum atomic E-state index is 13.0. The molecule has 28 heavy (non-hydrogen) atoms. The number of halogens is 4. The number of carbonyl (C=O) groups excluding carboxylic acids is 1. The Morgan fingerprint density at radius 3 is 2.43 bits per heavy atom. The number of rotatable bonds is 6. The second-order valence-electron chi connectivity index (χ2n) is 5.26. The number of amides is 1. The summed E-state index contributed by atoms with van der Waals surface area (Å²) in [7, 11) is 0. The standard InChI is InChI=1S/C16H11F4N5O2S/c17-10-1-5-12(6-2-10)25-15(22-23-24-25)28-9-14(26)21-11-3-7-13(8-4-11)27-16(18,19)20/h1-8H,9H2,(H,21,26). The van der Waals surface area contributed by atoms with Crippen LogP contribution in [0.4, 0.5) is 23.2 Å². The number of nitrogens with zero attached hydrogens (tertiary/aromatic N) is 4. The highest BCUT2D eigenvalue weighted by Crippen LogP contribution is 2.24. The number of hydrogen-bond acceptors (Lipinski definition) is 6. The number of hydrogen-bond donors (Lipinski definition) is 1. The van der Waals surface area contributed by atoms with E-state index in [1.54, 1.807) is 0 Å². The van der Waals surface area contributed by atoms with Gasteiger partial charge in [0.2, 0.25) is 11.1 Å². The number of carbonyl (C=O) groups is 1. The van der Waals surface area contributed by atoms with Crippen LogP contribution < -0.4 is 10.1 Å². The molecule has 1 N–H and O–H groups in total. The number of tetrazole rings is 1. The Morgan fingerprint density at radius 2 is 1.79 bits per heavy atom. The van der Waals surface area contributed by atoms with E-state index in [4.69, 9.17) is 0 Å². The monoisotopic (exact) mass is 413 g/mol. The lowest BCUT2D eigenvalue weighted by Crippen LogP contribution is -2.17. The summed E-state index contributed by atoms with van der Waals surface area (Å²) in [5, 5.41) is 14.0. The van der Waals surface area contributed by atoms with Gasteiger partial charge in [-0.2, -0.15) is 4.68 Å². The first kappa shape index (κ1) is 19.6. The molecule has 0 fully saturated rings. The van der Waals surface area contributed by atoms with E-state index < -0.39 is 23.8 Å². The minimum atomic E-state index is -4.78. The van der Waals surface area contributed by atoms with E-state index in [1.165, 1.54) is 41.1 Å². The van der Waals surface area contributed by atoms with Gasteiger partial charge in [0.25, 0.3) is 0 Å². The molecule has 0 aliphatic heterocycles. The molecule has 3 rings (SSSR count). The molecule has 0 spiro atoms. The number of aromatic nitrogens is 4. The van der Waals surface area contributed by atoms with Gasteiger partial charge in [-0.3, -0.25) is 4.79 Å². The van der Waals surface area contributed by atoms with Gasteiger partial charge in [-0.05, 0) is 59.0 Å². The van der Waals surface area contributed by atoms with Crippen LogP contribution in [0.15, 0.2) is 53.7 Å². The van der Waals surface area contributed by atoms with Crippen molar-refractivity contribution in [3.05, 3.63) is 54.3 Å². The van der Waals surface area contributed by atoms with Gasteiger partial charge in [0.05, 0.1) is 11.4 Å². The normalized spacial score (nSPS) is 11.3. The topological polar surface area (TPSA) is 81.9 Å². The van der Waals surface area contributed by atoms with Crippen molar-refractivity contribution in [1.29, 1.82) is 0 Å². The lowest BCUT2D eigenvalue weighted by molar-refractivity contribution is -0.274. The van der Waals surface area contributed by atoms with Crippen molar-refractivity contribution in [2.24, 2.45) is 0 Å². The van der Waals surface area contributed by atoms with Crippen LogP contribution in [0.1, 0.15) is 0 Å². The summed E-state index contributed by atoms with van der Waals surface area (Å²) in [5.41, 5.74) is 0.827. The van der Waals surface area contributed by atoms with E-state index in [9.17, 15) is 22.4 Å². The molecule has 0 saturated heterocycles. The van der Waals surface area contributed by atoms with Gasteiger partial charge >= 0.3 is 6.36 Å². The molecule has 1 amide bonds. The van der Waals surface area contributed by atoms with Gasteiger partial charge in [-0.15, -0.1) is 18.3 Å². The summed E-state index contributed by atoms with van der Waals surface area (Å²) in [6.45, 7) is 0. The van der Waals surface area contributed by atoms with E-state index >= 15 is 0 Å². The average Bonchev–Trinajstić information content (AvgIpc) is 3.10. The maximum Gasteiger partial charge on any atom is 0.573 e. The van der Waals surface area contributed by atoms with E-state index in [2.05, 4.69) is 25.6 Å². The summed E-state index contributed by atoms with van der Waals surface area (Å²) in [6, 6.07) is 10.2. The molecule has 0 aliphatic carbocycles. The SMILES string of the molecule is O=C(CSc1nnnn1-c1ccc(F)cc1)Nc1ccc(OC(F)(F)F)cc1. The van der Waals surface area contributed by atoms with Crippen molar-refractivity contribution < 1.29 is 27.1 Å². The number of ether oxygens (including phenoxy) is 1. The summed E-state index contributed by atoms with van der Waals surface area (Å²) >= 11 is 1.04. The first-order valence-corrected chi connectivity index (χ1v) is 8.61. The van der Waals surface area contributed by atoms with Gasteiger partial charge in [0, 0.05) is 5.69 Å². The van der Waals surface area contributed by atoms with Crippen molar-refractivity contribution in [3.8, 4) is 11.4 Å². The molecule has 7 nitrogen and oxygen atoms in total. The molecule has 0 unspecified atom stereocenters. The van der Waals surface area contributed by atoms with E-state index in [-0.39, 0.29) is 5.75 Å². The zero-order chi connectivity index (χ0) is 20.1. The summed E-state index contributed by atoms with van der Waals surface area (Å²) in [4.78, 5) is 12.0. The molecule has 3 aromatic rings. The number of benzene rings is 2. The molecular weight excluding hydrogens is 402 g/mol. The highest BCUT2D eigenvalue weighted by atomic mass is 32.2. The van der Waals surface area contributed by atoms with Gasteiger partial charge in [0.15, 0.2) is 0 Å². The van der Waals surface area contributed by atoms with Crippen LogP contribution in [0.25, 0.3) is 5.69 Å². The molecular formula is C16H11F4N5O2S. The van der Waals surface area contributed by atoms with Gasteiger partial charge in [0.1, 0.15) is 11.6 Å². The number of thioether (sulfide) groups is 1. The second-order valence-corrected chi connectivity index (χ2v) is 6.20. The summed E-state index contributed by atoms with van der Waals surface area (Å²) in [5.74, 6) is -1.26. The number of nitrogens with one attached hydrogen (secondary N) is 1. The fourth-order valence-electron chi connectivity index (χ4n) is 2.08. The lowest BCUT2D eigenvalue weighted by Gasteiger charge is -2.10. The molecule has 12 heteroatoms. The van der Waals surface area contributed by atoms with E-state index in [0.29, 0.717) is 16.5 Å².